The van der Waals surface area contributed by atoms with Crippen molar-refractivity contribution in [2.75, 3.05) is 33.3 Å². The molecule has 1 aliphatic heterocycles. The first kappa shape index (κ1) is 13.9. The third kappa shape index (κ3) is 2.22. The lowest BCUT2D eigenvalue weighted by Crippen LogP contribution is -2.61. The number of halogens is 1. The van der Waals surface area contributed by atoms with Crippen molar-refractivity contribution < 1.29 is 9.53 Å². The second kappa shape index (κ2) is 5.35. The summed E-state index contributed by atoms with van der Waals surface area (Å²) in [5.74, 6) is -0.133. The van der Waals surface area contributed by atoms with Gasteiger partial charge in [0.25, 0.3) is 0 Å². The summed E-state index contributed by atoms with van der Waals surface area (Å²) in [7, 11) is 1.47. The number of methoxy groups -OCH3 is 1. The molecule has 1 atom stereocenters. The van der Waals surface area contributed by atoms with Crippen molar-refractivity contribution >= 4 is 17.6 Å². The van der Waals surface area contributed by atoms with E-state index in [2.05, 4.69) is 10.2 Å². The van der Waals surface area contributed by atoms with Gasteiger partial charge in [0.05, 0.1) is 7.11 Å². The van der Waals surface area contributed by atoms with Crippen molar-refractivity contribution in [2.45, 2.75) is 18.4 Å². The molecule has 1 saturated heterocycles. The first-order valence-electron chi connectivity index (χ1n) is 6.97. The van der Waals surface area contributed by atoms with Gasteiger partial charge in [-0.1, -0.05) is 17.7 Å². The van der Waals surface area contributed by atoms with E-state index in [1.54, 1.807) is 0 Å². The van der Waals surface area contributed by atoms with Gasteiger partial charge in [-0.15, -0.1) is 0 Å². The van der Waals surface area contributed by atoms with E-state index in [4.69, 9.17) is 16.3 Å². The highest BCUT2D eigenvalue weighted by molar-refractivity contribution is 6.30. The van der Waals surface area contributed by atoms with Gasteiger partial charge in [-0.05, 0) is 23.3 Å². The fourth-order valence-electron chi connectivity index (χ4n) is 3.40. The highest BCUT2D eigenvalue weighted by atomic mass is 35.5. The van der Waals surface area contributed by atoms with E-state index in [-0.39, 0.29) is 5.97 Å². The normalized spacial score (nSPS) is 26.3. The maximum absolute atomic E-state index is 12.5. The number of nitrogens with zero attached hydrogens (tertiary/aromatic N) is 1. The molecule has 0 aromatic heterocycles. The van der Waals surface area contributed by atoms with Gasteiger partial charge in [-0.2, -0.15) is 0 Å². The summed E-state index contributed by atoms with van der Waals surface area (Å²) in [4.78, 5) is 14.7. The van der Waals surface area contributed by atoms with Gasteiger partial charge in [-0.25, -0.2) is 0 Å². The van der Waals surface area contributed by atoms with Crippen molar-refractivity contribution in [2.24, 2.45) is 0 Å². The molecule has 0 amide bonds. The smallest absolute Gasteiger partial charge is 0.326 e. The summed E-state index contributed by atoms with van der Waals surface area (Å²) in [5, 5.41) is 4.05. The Bertz CT molecular complexity index is 529. The topological polar surface area (TPSA) is 41.6 Å². The Balaban J connectivity index is 1.95. The molecule has 3 rings (SSSR count). The van der Waals surface area contributed by atoms with Gasteiger partial charge < -0.3 is 10.1 Å². The van der Waals surface area contributed by atoms with Gasteiger partial charge in [-0.3, -0.25) is 9.69 Å². The molecule has 1 heterocycles. The monoisotopic (exact) mass is 294 g/mol. The molecule has 4 nitrogen and oxygen atoms in total. The van der Waals surface area contributed by atoms with Crippen molar-refractivity contribution in [3.8, 4) is 0 Å². The van der Waals surface area contributed by atoms with Crippen LogP contribution >= 0.6 is 11.6 Å². The number of benzene rings is 1. The van der Waals surface area contributed by atoms with Crippen molar-refractivity contribution in [3.05, 3.63) is 34.3 Å². The summed E-state index contributed by atoms with van der Waals surface area (Å²) in [6.07, 6.45) is 1.40. The first-order valence-corrected chi connectivity index (χ1v) is 7.35. The molecule has 0 bridgehead atoms. The van der Waals surface area contributed by atoms with Crippen molar-refractivity contribution in [1.29, 1.82) is 0 Å². The van der Waals surface area contributed by atoms with Crippen LogP contribution < -0.4 is 5.32 Å². The van der Waals surface area contributed by atoms with Crippen molar-refractivity contribution in [3.63, 3.8) is 0 Å². The molecule has 1 aromatic rings. The minimum Gasteiger partial charge on any atom is -0.468 e. The van der Waals surface area contributed by atoms with E-state index in [0.717, 1.165) is 31.2 Å². The van der Waals surface area contributed by atoms with Crippen LogP contribution in [0.3, 0.4) is 0 Å². The Hall–Kier alpha value is -1.10. The van der Waals surface area contributed by atoms with Gasteiger partial charge in [0, 0.05) is 44.0 Å². The standard InChI is InChI=1S/C15H19ClN2O2/c1-20-14(19)15(18-6-4-17-5-7-18)9-11-2-3-13(16)8-12(11)10-15/h2-3,8,17H,4-7,9-10H2,1H3. The van der Waals surface area contributed by atoms with Gasteiger partial charge in [0.2, 0.25) is 0 Å². The fraction of sp³-hybridized carbons (Fsp3) is 0.533. The Labute approximate surface area is 124 Å². The molecule has 0 saturated carbocycles. The summed E-state index contributed by atoms with van der Waals surface area (Å²) in [6, 6.07) is 5.90. The number of carbonyl (C=O) groups excluding carboxylic acids is 1. The molecular weight excluding hydrogens is 276 g/mol. The number of piperazine rings is 1. The molecule has 0 spiro atoms. The largest absolute Gasteiger partial charge is 0.468 e. The molecule has 1 unspecified atom stereocenters. The lowest BCUT2D eigenvalue weighted by Gasteiger charge is -2.41. The molecular formula is C15H19ClN2O2. The predicted octanol–water partition coefficient (Wildman–Crippen LogP) is 1.26. The van der Waals surface area contributed by atoms with Gasteiger partial charge in [0.1, 0.15) is 5.54 Å². The average Bonchev–Trinajstić information content (AvgIpc) is 2.87. The van der Waals surface area contributed by atoms with Crippen LogP contribution in [-0.4, -0.2) is 49.7 Å². The van der Waals surface area contributed by atoms with Crippen LogP contribution in [0.15, 0.2) is 18.2 Å². The predicted molar refractivity (Wildman–Crippen MR) is 78.0 cm³/mol. The molecule has 20 heavy (non-hydrogen) atoms. The third-order valence-electron chi connectivity index (χ3n) is 4.42. The lowest BCUT2D eigenvalue weighted by molar-refractivity contribution is -0.155. The molecule has 1 aliphatic carbocycles. The van der Waals surface area contributed by atoms with E-state index in [0.29, 0.717) is 12.8 Å². The van der Waals surface area contributed by atoms with E-state index in [1.807, 2.05) is 18.2 Å². The summed E-state index contributed by atoms with van der Waals surface area (Å²) < 4.78 is 5.12. The van der Waals surface area contributed by atoms with E-state index < -0.39 is 5.54 Å². The van der Waals surface area contributed by atoms with E-state index >= 15 is 0 Å². The van der Waals surface area contributed by atoms with Gasteiger partial charge >= 0.3 is 5.97 Å². The van der Waals surface area contributed by atoms with Crippen LogP contribution in [0.2, 0.25) is 5.02 Å². The quantitative estimate of drug-likeness (QED) is 0.834. The van der Waals surface area contributed by atoms with Crippen LogP contribution in [0.5, 0.6) is 0 Å². The summed E-state index contributed by atoms with van der Waals surface area (Å²) in [5.41, 5.74) is 1.82. The second-order valence-corrected chi connectivity index (χ2v) is 5.96. The number of esters is 1. The van der Waals surface area contributed by atoms with Crippen molar-refractivity contribution in [1.82, 2.24) is 10.2 Å². The van der Waals surface area contributed by atoms with Gasteiger partial charge in [0.15, 0.2) is 0 Å². The minimum absolute atomic E-state index is 0.133. The molecule has 1 N–H and O–H groups in total. The Morgan fingerprint density at radius 1 is 1.30 bits per heavy atom. The average molecular weight is 295 g/mol. The second-order valence-electron chi connectivity index (χ2n) is 5.53. The zero-order valence-electron chi connectivity index (χ0n) is 11.6. The Morgan fingerprint density at radius 3 is 2.70 bits per heavy atom. The summed E-state index contributed by atoms with van der Waals surface area (Å²) >= 11 is 6.08. The molecule has 2 aliphatic rings. The van der Waals surface area contributed by atoms with Crippen LogP contribution in [-0.2, 0) is 22.4 Å². The molecule has 108 valence electrons. The number of ether oxygens (including phenoxy) is 1. The Kier molecular flexibility index (Phi) is 3.71. The molecule has 1 aromatic carbocycles. The Morgan fingerprint density at radius 2 is 2.00 bits per heavy atom. The zero-order chi connectivity index (χ0) is 14.2. The SMILES string of the molecule is COC(=O)C1(N2CCNCC2)Cc2ccc(Cl)cc2C1. The highest BCUT2D eigenvalue weighted by Gasteiger charge is 2.49. The number of hydrogen-bond donors (Lipinski definition) is 1. The fourth-order valence-corrected chi connectivity index (χ4v) is 3.60. The number of carbonyl (C=O) groups is 1. The molecule has 0 radical (unpaired) electrons. The first-order chi connectivity index (χ1) is 9.65. The van der Waals surface area contributed by atoms with E-state index in [9.17, 15) is 4.79 Å². The summed E-state index contributed by atoms with van der Waals surface area (Å²) in [6.45, 7) is 3.57. The highest BCUT2D eigenvalue weighted by Crippen LogP contribution is 2.37. The number of fused-ring (bicyclic) bond motifs is 1. The maximum Gasteiger partial charge on any atom is 0.326 e. The number of nitrogens with one attached hydrogen (secondary N) is 1. The van der Waals surface area contributed by atoms with E-state index in [1.165, 1.54) is 18.2 Å². The maximum atomic E-state index is 12.5. The van der Waals surface area contributed by atoms with Crippen LogP contribution in [0, 0.1) is 0 Å². The number of rotatable bonds is 2. The third-order valence-corrected chi connectivity index (χ3v) is 4.66. The lowest BCUT2D eigenvalue weighted by atomic mass is 9.92. The number of hydrogen-bond acceptors (Lipinski definition) is 4. The van der Waals surface area contributed by atoms with Crippen LogP contribution in [0.1, 0.15) is 11.1 Å². The molecule has 5 heteroatoms. The van der Waals surface area contributed by atoms with Crippen LogP contribution in [0.25, 0.3) is 0 Å². The minimum atomic E-state index is -0.552. The molecule has 1 fully saturated rings. The zero-order valence-corrected chi connectivity index (χ0v) is 12.4. The van der Waals surface area contributed by atoms with Crippen LogP contribution in [0.4, 0.5) is 0 Å².